The van der Waals surface area contributed by atoms with E-state index in [1.165, 1.54) is 5.57 Å². The third kappa shape index (κ3) is 3.79. The molecule has 2 rings (SSSR count). The average molecular weight is 316 g/mol. The Morgan fingerprint density at radius 2 is 2.17 bits per heavy atom. The van der Waals surface area contributed by atoms with Gasteiger partial charge in [0.2, 0.25) is 0 Å². The van der Waals surface area contributed by atoms with E-state index in [4.69, 9.17) is 11.2 Å². The molecule has 4 nitrogen and oxygen atoms in total. The molecule has 3 atom stereocenters. The van der Waals surface area contributed by atoms with Crippen molar-refractivity contribution in [3.8, 4) is 12.3 Å². The summed E-state index contributed by atoms with van der Waals surface area (Å²) in [5.74, 6) is 4.37. The number of terminal acetylenes is 1. The van der Waals surface area contributed by atoms with Gasteiger partial charge in [-0.15, -0.1) is 6.42 Å². The number of carbonyl (C=O) groups is 1. The van der Waals surface area contributed by atoms with E-state index in [0.717, 1.165) is 25.0 Å². The SMILES string of the molecule is C#CCN(C)C1CCC2C1=C(OC(=O)N(C)CCC)C=CC2C. The van der Waals surface area contributed by atoms with E-state index in [1.54, 1.807) is 11.9 Å². The van der Waals surface area contributed by atoms with Crippen LogP contribution >= 0.6 is 0 Å². The Hall–Kier alpha value is -1.73. The maximum Gasteiger partial charge on any atom is 0.414 e. The van der Waals surface area contributed by atoms with Gasteiger partial charge in [-0.1, -0.05) is 25.8 Å². The van der Waals surface area contributed by atoms with Crippen LogP contribution in [0.1, 0.15) is 33.1 Å². The van der Waals surface area contributed by atoms with Gasteiger partial charge in [0.1, 0.15) is 5.76 Å². The molecule has 1 fully saturated rings. The predicted molar refractivity (Wildman–Crippen MR) is 92.7 cm³/mol. The fraction of sp³-hybridized carbons (Fsp3) is 0.632. The minimum absolute atomic E-state index is 0.266. The fourth-order valence-electron chi connectivity index (χ4n) is 3.66. The van der Waals surface area contributed by atoms with Crippen molar-refractivity contribution in [2.45, 2.75) is 39.2 Å². The molecule has 0 heterocycles. The van der Waals surface area contributed by atoms with Gasteiger partial charge in [0.25, 0.3) is 0 Å². The molecule has 0 spiro atoms. The van der Waals surface area contributed by atoms with Gasteiger partial charge < -0.3 is 9.64 Å². The zero-order valence-electron chi connectivity index (χ0n) is 14.7. The molecule has 0 aromatic rings. The van der Waals surface area contributed by atoms with Gasteiger partial charge in [-0.05, 0) is 49.8 Å². The van der Waals surface area contributed by atoms with Crippen molar-refractivity contribution in [2.75, 3.05) is 27.2 Å². The first-order chi connectivity index (χ1) is 11.0. The van der Waals surface area contributed by atoms with Crippen LogP contribution in [0.5, 0.6) is 0 Å². The van der Waals surface area contributed by atoms with Crippen LogP contribution in [0.3, 0.4) is 0 Å². The Labute approximate surface area is 140 Å². The normalized spacial score (nSPS) is 26.2. The molecule has 0 N–H and O–H groups in total. The molecule has 3 unspecified atom stereocenters. The van der Waals surface area contributed by atoms with Crippen LogP contribution in [0.2, 0.25) is 0 Å². The Morgan fingerprint density at radius 3 is 2.83 bits per heavy atom. The molecular weight excluding hydrogens is 288 g/mol. The number of likely N-dealkylation sites (N-methyl/N-ethyl adjacent to an activating group) is 1. The van der Waals surface area contributed by atoms with E-state index < -0.39 is 0 Å². The van der Waals surface area contributed by atoms with Crippen molar-refractivity contribution >= 4 is 6.09 Å². The van der Waals surface area contributed by atoms with E-state index in [2.05, 4.69) is 23.8 Å². The molecule has 0 radical (unpaired) electrons. The highest BCUT2D eigenvalue weighted by Crippen LogP contribution is 2.44. The highest BCUT2D eigenvalue weighted by atomic mass is 16.6. The van der Waals surface area contributed by atoms with Crippen molar-refractivity contribution < 1.29 is 9.53 Å². The summed E-state index contributed by atoms with van der Waals surface area (Å²) in [6.45, 7) is 5.58. The van der Waals surface area contributed by atoms with Crippen molar-refractivity contribution in [1.29, 1.82) is 0 Å². The van der Waals surface area contributed by atoms with E-state index in [1.807, 2.05) is 20.0 Å². The molecule has 0 bridgehead atoms. The highest BCUT2D eigenvalue weighted by Gasteiger charge is 2.39. The summed E-state index contributed by atoms with van der Waals surface area (Å²) in [7, 11) is 3.83. The van der Waals surface area contributed by atoms with Gasteiger partial charge in [0, 0.05) is 19.6 Å². The van der Waals surface area contributed by atoms with Crippen LogP contribution in [0, 0.1) is 24.2 Å². The molecular formula is C19H28N2O2. The van der Waals surface area contributed by atoms with Crippen LogP contribution in [0.4, 0.5) is 4.79 Å². The Balaban J connectivity index is 2.24. The minimum atomic E-state index is -0.280. The zero-order valence-corrected chi connectivity index (χ0v) is 14.7. The average Bonchev–Trinajstić information content (AvgIpc) is 2.96. The number of allylic oxidation sites excluding steroid dienone is 2. The molecule has 1 saturated carbocycles. The zero-order chi connectivity index (χ0) is 17.0. The Bertz CT molecular complexity index is 544. The van der Waals surface area contributed by atoms with Gasteiger partial charge in [-0.25, -0.2) is 4.79 Å². The van der Waals surface area contributed by atoms with Gasteiger partial charge in [-0.3, -0.25) is 4.90 Å². The summed E-state index contributed by atoms with van der Waals surface area (Å²) < 4.78 is 5.73. The second-order valence-electron chi connectivity index (χ2n) is 6.65. The smallest absolute Gasteiger partial charge is 0.410 e. The number of hydrogen-bond acceptors (Lipinski definition) is 3. The van der Waals surface area contributed by atoms with Crippen LogP contribution in [-0.4, -0.2) is 49.1 Å². The van der Waals surface area contributed by atoms with Crippen molar-refractivity contribution in [3.63, 3.8) is 0 Å². The summed E-state index contributed by atoms with van der Waals surface area (Å²) >= 11 is 0. The second-order valence-corrected chi connectivity index (χ2v) is 6.65. The maximum absolute atomic E-state index is 12.3. The van der Waals surface area contributed by atoms with Gasteiger partial charge >= 0.3 is 6.09 Å². The van der Waals surface area contributed by atoms with Crippen LogP contribution < -0.4 is 0 Å². The summed E-state index contributed by atoms with van der Waals surface area (Å²) in [6.07, 6.45) is 12.4. The Kier molecular flexibility index (Phi) is 5.90. The third-order valence-electron chi connectivity index (χ3n) is 4.92. The van der Waals surface area contributed by atoms with Crippen LogP contribution in [0.25, 0.3) is 0 Å². The largest absolute Gasteiger partial charge is 0.414 e. The summed E-state index contributed by atoms with van der Waals surface area (Å²) in [5.41, 5.74) is 1.25. The number of fused-ring (bicyclic) bond motifs is 1. The van der Waals surface area contributed by atoms with Crippen LogP contribution in [0.15, 0.2) is 23.5 Å². The number of nitrogens with zero attached hydrogens (tertiary/aromatic N) is 2. The lowest BCUT2D eigenvalue weighted by Gasteiger charge is -2.31. The molecule has 23 heavy (non-hydrogen) atoms. The van der Waals surface area contributed by atoms with E-state index in [9.17, 15) is 4.79 Å². The molecule has 126 valence electrons. The summed E-state index contributed by atoms with van der Waals surface area (Å²) in [6, 6.07) is 0.266. The Morgan fingerprint density at radius 1 is 1.43 bits per heavy atom. The maximum atomic E-state index is 12.3. The quantitative estimate of drug-likeness (QED) is 0.730. The lowest BCUT2D eigenvalue weighted by atomic mass is 9.83. The molecule has 0 saturated heterocycles. The molecule has 2 aliphatic carbocycles. The predicted octanol–water partition coefficient (Wildman–Crippen LogP) is 3.27. The third-order valence-corrected chi connectivity index (χ3v) is 4.92. The number of rotatable bonds is 5. The van der Waals surface area contributed by atoms with Crippen LogP contribution in [-0.2, 0) is 4.74 Å². The van der Waals surface area contributed by atoms with E-state index in [0.29, 0.717) is 24.9 Å². The van der Waals surface area contributed by atoms with Gasteiger partial charge in [0.15, 0.2) is 0 Å². The molecule has 1 amide bonds. The summed E-state index contributed by atoms with van der Waals surface area (Å²) in [4.78, 5) is 16.1. The van der Waals surface area contributed by atoms with Gasteiger partial charge in [-0.2, -0.15) is 0 Å². The lowest BCUT2D eigenvalue weighted by molar-refractivity contribution is 0.138. The van der Waals surface area contributed by atoms with Gasteiger partial charge in [0.05, 0.1) is 6.54 Å². The molecule has 2 aliphatic rings. The first-order valence-corrected chi connectivity index (χ1v) is 8.48. The molecule has 4 heteroatoms. The number of ether oxygens (including phenoxy) is 1. The second kappa shape index (κ2) is 7.70. The topological polar surface area (TPSA) is 32.8 Å². The first kappa shape index (κ1) is 17.6. The van der Waals surface area contributed by atoms with Crippen molar-refractivity contribution in [1.82, 2.24) is 9.80 Å². The first-order valence-electron chi connectivity index (χ1n) is 8.48. The molecule has 0 aliphatic heterocycles. The van der Waals surface area contributed by atoms with Crippen molar-refractivity contribution in [2.24, 2.45) is 11.8 Å². The number of hydrogen-bond donors (Lipinski definition) is 0. The molecule has 0 aromatic heterocycles. The van der Waals surface area contributed by atoms with E-state index >= 15 is 0 Å². The fourth-order valence-corrected chi connectivity index (χ4v) is 3.66. The highest BCUT2D eigenvalue weighted by molar-refractivity contribution is 5.69. The number of amides is 1. The van der Waals surface area contributed by atoms with Crippen molar-refractivity contribution in [3.05, 3.63) is 23.5 Å². The minimum Gasteiger partial charge on any atom is -0.410 e. The number of carbonyl (C=O) groups excluding carboxylic acids is 1. The summed E-state index contributed by atoms with van der Waals surface area (Å²) in [5, 5.41) is 0. The lowest BCUT2D eigenvalue weighted by Crippen LogP contribution is -2.35. The van der Waals surface area contributed by atoms with E-state index in [-0.39, 0.29) is 12.1 Å². The monoisotopic (exact) mass is 316 g/mol. The standard InChI is InChI=1S/C19H28N2O2/c1-6-12-20(4)16-10-9-15-14(3)8-11-17(18(15)16)23-19(22)21(5)13-7-2/h1,8,11,14-16H,7,9-10,12-13H2,2-5H3. The molecule has 0 aromatic carbocycles.